The highest BCUT2D eigenvalue weighted by atomic mass is 32.2. The fourth-order valence-electron chi connectivity index (χ4n) is 2.33. The van der Waals surface area contributed by atoms with Crippen LogP contribution in [0.2, 0.25) is 0 Å². The summed E-state index contributed by atoms with van der Waals surface area (Å²) in [6, 6.07) is 13.6. The summed E-state index contributed by atoms with van der Waals surface area (Å²) in [5, 5.41) is 4.05. The van der Waals surface area contributed by atoms with Crippen LogP contribution in [0.3, 0.4) is 0 Å². The summed E-state index contributed by atoms with van der Waals surface area (Å²) in [6.45, 7) is 0.252. The van der Waals surface area contributed by atoms with Crippen molar-refractivity contribution in [2.75, 3.05) is 5.75 Å². The van der Waals surface area contributed by atoms with Gasteiger partial charge in [-0.15, -0.1) is 0 Å². The number of thiophene rings is 1. The largest absolute Gasteiger partial charge is 0.264 e. The van der Waals surface area contributed by atoms with Crippen molar-refractivity contribution in [3.63, 3.8) is 0 Å². The smallest absolute Gasteiger partial charge is 0.212 e. The van der Waals surface area contributed by atoms with Crippen molar-refractivity contribution in [1.29, 1.82) is 0 Å². The average molecular weight is 358 g/mol. The van der Waals surface area contributed by atoms with Gasteiger partial charge in [-0.1, -0.05) is 30.3 Å². The molecule has 1 aromatic carbocycles. The summed E-state index contributed by atoms with van der Waals surface area (Å²) in [7, 11) is -3.32. The number of hydrogen-bond acceptors (Lipinski definition) is 4. The Labute approximate surface area is 146 Å². The number of nitrogens with zero attached hydrogens (tertiary/aromatic N) is 1. The van der Waals surface area contributed by atoms with Crippen LogP contribution in [-0.4, -0.2) is 19.2 Å². The van der Waals surface area contributed by atoms with Crippen molar-refractivity contribution in [1.82, 2.24) is 9.71 Å². The van der Waals surface area contributed by atoms with Crippen LogP contribution in [0.15, 0.2) is 65.6 Å². The van der Waals surface area contributed by atoms with Gasteiger partial charge in [-0.2, -0.15) is 11.3 Å². The number of nitrogens with one attached hydrogen (secondary N) is 1. The van der Waals surface area contributed by atoms with Gasteiger partial charge in [0, 0.05) is 24.5 Å². The quantitative estimate of drug-likeness (QED) is 0.703. The van der Waals surface area contributed by atoms with Crippen molar-refractivity contribution in [2.24, 2.45) is 0 Å². The van der Waals surface area contributed by atoms with Gasteiger partial charge in [0.15, 0.2) is 0 Å². The lowest BCUT2D eigenvalue weighted by Gasteiger charge is -2.08. The normalized spacial score (nSPS) is 11.5. The first kappa shape index (κ1) is 16.8. The minimum absolute atomic E-state index is 0.0780. The van der Waals surface area contributed by atoms with Crippen molar-refractivity contribution < 1.29 is 8.42 Å². The summed E-state index contributed by atoms with van der Waals surface area (Å²) < 4.78 is 27.0. The number of benzene rings is 1. The fourth-order valence-corrected chi connectivity index (χ4v) is 4.03. The number of hydrogen-bond donors (Lipinski definition) is 1. The van der Waals surface area contributed by atoms with Gasteiger partial charge in [-0.3, -0.25) is 4.98 Å². The third-order valence-corrected chi connectivity index (χ3v) is 5.66. The second-order valence-corrected chi connectivity index (χ2v) is 8.18. The van der Waals surface area contributed by atoms with Gasteiger partial charge in [0.2, 0.25) is 10.0 Å². The fraction of sp³-hybridized carbons (Fsp3) is 0.167. The maximum Gasteiger partial charge on any atom is 0.212 e. The molecule has 0 fully saturated rings. The second kappa shape index (κ2) is 7.70. The van der Waals surface area contributed by atoms with Crippen LogP contribution in [0.4, 0.5) is 0 Å². The van der Waals surface area contributed by atoms with Crippen LogP contribution < -0.4 is 4.72 Å². The molecule has 4 nitrogen and oxygen atoms in total. The van der Waals surface area contributed by atoms with Gasteiger partial charge in [0.05, 0.1) is 5.75 Å². The zero-order valence-corrected chi connectivity index (χ0v) is 14.7. The molecular weight excluding hydrogens is 340 g/mol. The summed E-state index contributed by atoms with van der Waals surface area (Å²) in [5.74, 6) is 0.0780. The predicted molar refractivity (Wildman–Crippen MR) is 98.3 cm³/mol. The Morgan fingerprint density at radius 3 is 2.58 bits per heavy atom. The molecule has 0 bridgehead atoms. The Bertz CT molecular complexity index is 876. The van der Waals surface area contributed by atoms with E-state index in [1.807, 2.05) is 53.2 Å². The van der Waals surface area contributed by atoms with Gasteiger partial charge >= 0.3 is 0 Å². The van der Waals surface area contributed by atoms with Gasteiger partial charge in [0.25, 0.3) is 0 Å². The maximum absolute atomic E-state index is 12.2. The Kier molecular flexibility index (Phi) is 5.40. The second-order valence-electron chi connectivity index (χ2n) is 5.47. The third-order valence-electron chi connectivity index (χ3n) is 3.65. The Balaban J connectivity index is 1.59. The van der Waals surface area contributed by atoms with E-state index in [2.05, 4.69) is 9.71 Å². The molecule has 0 atom stereocenters. The molecule has 3 aromatic rings. The lowest BCUT2D eigenvalue weighted by molar-refractivity contribution is 0.580. The van der Waals surface area contributed by atoms with E-state index in [0.29, 0.717) is 6.42 Å². The first-order chi connectivity index (χ1) is 11.6. The minimum atomic E-state index is -3.32. The van der Waals surface area contributed by atoms with Gasteiger partial charge in [-0.25, -0.2) is 13.1 Å². The molecule has 2 aromatic heterocycles. The summed E-state index contributed by atoms with van der Waals surface area (Å²) >= 11 is 1.62. The number of aryl methyl sites for hydroxylation is 1. The Hall–Kier alpha value is -2.02. The molecule has 0 saturated carbocycles. The summed E-state index contributed by atoms with van der Waals surface area (Å²) in [5.41, 5.74) is 3.96. The van der Waals surface area contributed by atoms with Gasteiger partial charge in [0.1, 0.15) is 0 Å². The Morgan fingerprint density at radius 2 is 1.83 bits per heavy atom. The lowest BCUT2D eigenvalue weighted by atomic mass is 10.1. The van der Waals surface area contributed by atoms with Crippen LogP contribution in [0.5, 0.6) is 0 Å². The molecule has 124 valence electrons. The minimum Gasteiger partial charge on any atom is -0.264 e. The topological polar surface area (TPSA) is 59.1 Å². The molecule has 0 saturated heterocycles. The highest BCUT2D eigenvalue weighted by molar-refractivity contribution is 7.89. The predicted octanol–water partition coefficient (Wildman–Crippen LogP) is 3.47. The van der Waals surface area contributed by atoms with Crippen LogP contribution in [0.1, 0.15) is 11.1 Å². The van der Waals surface area contributed by atoms with Crippen molar-refractivity contribution in [2.45, 2.75) is 13.0 Å². The molecule has 0 amide bonds. The highest BCUT2D eigenvalue weighted by Gasteiger charge is 2.11. The molecule has 6 heteroatoms. The standard InChI is InChI=1S/C18H18N2O2S2/c21-24(22,9-7-15-4-2-1-3-5-15)20-12-16-10-18(13-19-11-16)17-6-8-23-14-17/h1-6,8,10-11,13-14,20H,7,9,12H2. The monoisotopic (exact) mass is 358 g/mol. The number of rotatable bonds is 7. The van der Waals surface area contributed by atoms with Crippen molar-refractivity contribution in [3.05, 3.63) is 76.7 Å². The molecule has 0 spiro atoms. The van der Waals surface area contributed by atoms with Crippen molar-refractivity contribution >= 4 is 21.4 Å². The molecule has 0 aliphatic rings. The van der Waals surface area contributed by atoms with Gasteiger partial charge in [-0.05, 0) is 46.0 Å². The number of aromatic nitrogens is 1. The first-order valence-electron chi connectivity index (χ1n) is 7.60. The summed E-state index contributed by atoms with van der Waals surface area (Å²) in [6.07, 6.45) is 3.98. The molecule has 0 radical (unpaired) electrons. The SMILES string of the molecule is O=S(=O)(CCc1ccccc1)NCc1cncc(-c2ccsc2)c1. The molecule has 0 aliphatic heterocycles. The number of sulfonamides is 1. The maximum atomic E-state index is 12.2. The van der Waals surface area contributed by atoms with Crippen LogP contribution in [-0.2, 0) is 23.0 Å². The molecule has 0 unspecified atom stereocenters. The van der Waals surface area contributed by atoms with Crippen LogP contribution in [0, 0.1) is 0 Å². The lowest BCUT2D eigenvalue weighted by Crippen LogP contribution is -2.26. The van der Waals surface area contributed by atoms with Gasteiger partial charge < -0.3 is 0 Å². The summed E-state index contributed by atoms with van der Waals surface area (Å²) in [4.78, 5) is 4.20. The van der Waals surface area contributed by atoms with E-state index in [9.17, 15) is 8.42 Å². The van der Waals surface area contributed by atoms with E-state index in [-0.39, 0.29) is 12.3 Å². The molecule has 0 aliphatic carbocycles. The molecule has 3 rings (SSSR count). The highest BCUT2D eigenvalue weighted by Crippen LogP contribution is 2.21. The van der Waals surface area contributed by atoms with E-state index in [4.69, 9.17) is 0 Å². The molecule has 2 heterocycles. The zero-order valence-electron chi connectivity index (χ0n) is 13.1. The first-order valence-corrected chi connectivity index (χ1v) is 10.2. The third kappa shape index (κ3) is 4.74. The van der Waals surface area contributed by atoms with Crippen molar-refractivity contribution in [3.8, 4) is 11.1 Å². The Morgan fingerprint density at radius 1 is 1.00 bits per heavy atom. The molecule has 1 N–H and O–H groups in total. The van der Waals surface area contributed by atoms with E-state index in [0.717, 1.165) is 22.3 Å². The van der Waals surface area contributed by atoms with E-state index >= 15 is 0 Å². The number of pyridine rings is 1. The van der Waals surface area contributed by atoms with E-state index < -0.39 is 10.0 Å². The molecule has 24 heavy (non-hydrogen) atoms. The molecular formula is C18H18N2O2S2. The van der Waals surface area contributed by atoms with E-state index in [1.165, 1.54) is 0 Å². The van der Waals surface area contributed by atoms with Crippen LogP contribution >= 0.6 is 11.3 Å². The average Bonchev–Trinajstić information content (AvgIpc) is 3.14. The van der Waals surface area contributed by atoms with Crippen LogP contribution in [0.25, 0.3) is 11.1 Å². The van der Waals surface area contributed by atoms with E-state index in [1.54, 1.807) is 23.7 Å². The zero-order chi connectivity index (χ0) is 16.8.